The van der Waals surface area contributed by atoms with Crippen molar-refractivity contribution < 1.29 is 27.8 Å². The molecule has 35 heavy (non-hydrogen) atoms. The highest BCUT2D eigenvalue weighted by Gasteiger charge is 2.38. The molecule has 3 heterocycles. The topological polar surface area (TPSA) is 93.9 Å². The summed E-state index contributed by atoms with van der Waals surface area (Å²) in [7, 11) is 3.13. The number of rotatable bonds is 5. The Bertz CT molecular complexity index is 1180. The largest absolute Gasteiger partial charge is 0.573 e. The number of nitrogens with one attached hydrogen (secondary N) is 1. The first-order valence-corrected chi connectivity index (χ1v) is 11.8. The number of likely N-dealkylation sites (N-methyl/N-ethyl adjacent to an activating group) is 1. The van der Waals surface area contributed by atoms with Crippen LogP contribution in [0.3, 0.4) is 0 Å². The van der Waals surface area contributed by atoms with Crippen molar-refractivity contribution in [2.75, 3.05) is 37.5 Å². The Morgan fingerprint density at radius 2 is 2.09 bits per heavy atom. The van der Waals surface area contributed by atoms with Gasteiger partial charge in [0.15, 0.2) is 6.23 Å². The van der Waals surface area contributed by atoms with Gasteiger partial charge >= 0.3 is 6.36 Å². The minimum atomic E-state index is -4.78. The van der Waals surface area contributed by atoms with E-state index in [1.54, 1.807) is 11.9 Å². The molecule has 0 radical (unpaired) electrons. The molecule has 2 N–H and O–H groups in total. The maximum atomic E-state index is 12.6. The summed E-state index contributed by atoms with van der Waals surface area (Å²) in [6, 6.07) is 6.13. The third kappa shape index (κ3) is 4.97. The highest BCUT2D eigenvalue weighted by Crippen LogP contribution is 2.43. The molecular formula is C23H26F3N5O3S. The zero-order valence-corrected chi connectivity index (χ0v) is 20.5. The Hall–Kier alpha value is -3.17. The van der Waals surface area contributed by atoms with Gasteiger partial charge in [-0.25, -0.2) is 4.98 Å². The Morgan fingerprint density at radius 1 is 1.34 bits per heavy atom. The van der Waals surface area contributed by atoms with Crippen LogP contribution in [0, 0.1) is 24.2 Å². The van der Waals surface area contributed by atoms with Crippen molar-refractivity contribution in [3.05, 3.63) is 34.5 Å². The number of nitrogens with zero attached hydrogens (tertiary/aromatic N) is 4. The fraction of sp³-hybridized carbons (Fsp3) is 0.478. The first kappa shape index (κ1) is 24.9. The number of aliphatic hydroxyl groups excluding tert-OH is 1. The lowest BCUT2D eigenvalue weighted by molar-refractivity contribution is -0.274. The molecule has 12 heteroatoms. The molecule has 1 aromatic heterocycles. The third-order valence-corrected chi connectivity index (χ3v) is 7.29. The number of hydrogen-bond acceptors (Lipinski definition) is 9. The van der Waals surface area contributed by atoms with Crippen LogP contribution in [-0.2, 0) is 0 Å². The molecule has 1 aromatic carbocycles. The molecule has 188 valence electrons. The quantitative estimate of drug-likeness (QED) is 0.620. The van der Waals surface area contributed by atoms with E-state index in [4.69, 9.17) is 4.74 Å². The van der Waals surface area contributed by atoms with Crippen LogP contribution in [-0.4, -0.2) is 60.9 Å². The molecular weight excluding hydrogens is 483 g/mol. The molecule has 2 aromatic rings. The highest BCUT2D eigenvalue weighted by atomic mass is 32.1. The van der Waals surface area contributed by atoms with Crippen LogP contribution in [0.15, 0.2) is 23.8 Å². The fourth-order valence-electron chi connectivity index (χ4n) is 4.55. The summed E-state index contributed by atoms with van der Waals surface area (Å²) in [4.78, 5) is 8.41. The molecule has 4 rings (SSSR count). The van der Waals surface area contributed by atoms with E-state index in [2.05, 4.69) is 32.9 Å². The van der Waals surface area contributed by atoms with Gasteiger partial charge in [0.1, 0.15) is 33.8 Å². The highest BCUT2D eigenvalue weighted by molar-refractivity contribution is 7.16. The number of aliphatic hydroxyl groups is 1. The molecule has 0 saturated carbocycles. The van der Waals surface area contributed by atoms with Crippen LogP contribution in [0.4, 0.5) is 23.9 Å². The molecule has 1 fully saturated rings. The number of halogens is 3. The second kappa shape index (κ2) is 9.47. The van der Waals surface area contributed by atoms with E-state index in [9.17, 15) is 23.5 Å². The van der Waals surface area contributed by atoms with E-state index >= 15 is 0 Å². The first-order valence-electron chi connectivity index (χ1n) is 11.0. The average Bonchev–Trinajstić information content (AvgIpc) is 3.18. The van der Waals surface area contributed by atoms with Gasteiger partial charge < -0.3 is 29.7 Å². The van der Waals surface area contributed by atoms with Crippen molar-refractivity contribution in [2.24, 2.45) is 5.92 Å². The normalized spacial score (nSPS) is 22.5. The molecule has 0 amide bonds. The van der Waals surface area contributed by atoms with Crippen LogP contribution in [0.1, 0.15) is 24.0 Å². The zero-order chi connectivity index (χ0) is 25.5. The van der Waals surface area contributed by atoms with Crippen molar-refractivity contribution in [2.45, 2.75) is 38.9 Å². The van der Waals surface area contributed by atoms with Crippen molar-refractivity contribution in [1.29, 1.82) is 5.26 Å². The summed E-state index contributed by atoms with van der Waals surface area (Å²) in [5.74, 6) is -0.00205. The molecule has 2 aliphatic rings. The van der Waals surface area contributed by atoms with E-state index < -0.39 is 12.6 Å². The Labute approximate surface area is 205 Å². The number of anilines is 2. The fourth-order valence-corrected chi connectivity index (χ4v) is 5.45. The zero-order valence-electron chi connectivity index (χ0n) is 19.7. The number of nitriles is 1. The Balaban J connectivity index is 1.53. The molecule has 1 saturated heterocycles. The van der Waals surface area contributed by atoms with Crippen LogP contribution in [0.2, 0.25) is 0 Å². The van der Waals surface area contributed by atoms with Crippen molar-refractivity contribution in [3.63, 3.8) is 0 Å². The molecule has 2 aliphatic heterocycles. The smallest absolute Gasteiger partial charge is 0.494 e. The molecule has 3 atom stereocenters. The summed E-state index contributed by atoms with van der Waals surface area (Å²) < 4.78 is 46.9. The van der Waals surface area contributed by atoms with Crippen LogP contribution in [0.5, 0.6) is 11.5 Å². The number of piperidine rings is 1. The number of thiazole rings is 1. The van der Waals surface area contributed by atoms with Crippen LogP contribution < -0.4 is 19.7 Å². The van der Waals surface area contributed by atoms with Gasteiger partial charge in [-0.3, -0.25) is 0 Å². The van der Waals surface area contributed by atoms with E-state index in [1.807, 2.05) is 6.92 Å². The number of aromatic nitrogens is 1. The van der Waals surface area contributed by atoms with E-state index in [-0.39, 0.29) is 29.0 Å². The van der Waals surface area contributed by atoms with Gasteiger partial charge in [0.25, 0.3) is 0 Å². The summed E-state index contributed by atoms with van der Waals surface area (Å²) >= 11 is 1.47. The lowest BCUT2D eigenvalue weighted by Crippen LogP contribution is -2.47. The monoisotopic (exact) mass is 509 g/mol. The number of methoxy groups -OCH3 is 1. The second-order valence-corrected chi connectivity index (χ2v) is 9.80. The standard InChI is InChI=1S/C23H26F3N5O3S/c1-12-11-31(20-15(10-27)21(32)30(3)22-19(20)28-13(2)35-22)8-7-16(12)29-17-6-5-14(9-18(17)33-4)34-23(24,25)26/h5-6,9,12,16,21,29,32H,7-8,11H2,1-4H3/t12-,16+,21?/m1/s1. The third-order valence-electron chi connectivity index (χ3n) is 6.23. The SMILES string of the molecule is COc1cc(OC(F)(F)F)ccc1N[C@H]1CCN(C2=C(C#N)C(O)N(C)c3sc(C)nc32)C[C@H]1C. The van der Waals surface area contributed by atoms with Crippen LogP contribution >= 0.6 is 11.3 Å². The van der Waals surface area contributed by atoms with Gasteiger partial charge in [-0.05, 0) is 31.4 Å². The van der Waals surface area contributed by atoms with Gasteiger partial charge in [-0.1, -0.05) is 6.92 Å². The average molecular weight is 510 g/mol. The van der Waals surface area contributed by atoms with Gasteiger partial charge in [0.2, 0.25) is 0 Å². The molecule has 8 nitrogen and oxygen atoms in total. The number of fused-ring (bicyclic) bond motifs is 1. The number of alkyl halides is 3. The molecule has 0 spiro atoms. The molecule has 0 aliphatic carbocycles. The number of aryl methyl sites for hydroxylation is 1. The summed E-state index contributed by atoms with van der Waals surface area (Å²) in [6.45, 7) is 5.15. The van der Waals surface area contributed by atoms with Gasteiger partial charge in [0, 0.05) is 32.2 Å². The summed E-state index contributed by atoms with van der Waals surface area (Å²) in [5, 5.41) is 25.6. The van der Waals surface area contributed by atoms with E-state index in [0.717, 1.165) is 10.0 Å². The first-order chi connectivity index (χ1) is 16.5. The summed E-state index contributed by atoms with van der Waals surface area (Å²) in [6.07, 6.45) is -5.14. The molecule has 0 bridgehead atoms. The lowest BCUT2D eigenvalue weighted by atomic mass is 9.91. The lowest BCUT2D eigenvalue weighted by Gasteiger charge is -2.42. The van der Waals surface area contributed by atoms with Gasteiger partial charge in [0.05, 0.1) is 23.5 Å². The number of hydrogen-bond donors (Lipinski definition) is 2. The summed E-state index contributed by atoms with van der Waals surface area (Å²) in [5.41, 5.74) is 2.20. The van der Waals surface area contributed by atoms with Crippen molar-refractivity contribution in [1.82, 2.24) is 9.88 Å². The Kier molecular flexibility index (Phi) is 6.75. The van der Waals surface area contributed by atoms with Crippen molar-refractivity contribution >= 4 is 27.7 Å². The van der Waals surface area contributed by atoms with E-state index in [0.29, 0.717) is 36.6 Å². The maximum Gasteiger partial charge on any atom is 0.573 e. The van der Waals surface area contributed by atoms with Crippen LogP contribution in [0.25, 0.3) is 5.70 Å². The predicted molar refractivity (Wildman–Crippen MR) is 126 cm³/mol. The van der Waals surface area contributed by atoms with Gasteiger partial charge in [-0.15, -0.1) is 24.5 Å². The minimum Gasteiger partial charge on any atom is -0.494 e. The number of likely N-dealkylation sites (tertiary alicyclic amines) is 1. The minimum absolute atomic E-state index is 0.00787. The van der Waals surface area contributed by atoms with Crippen molar-refractivity contribution in [3.8, 4) is 17.6 Å². The predicted octanol–water partition coefficient (Wildman–Crippen LogP) is 4.18. The number of benzene rings is 1. The van der Waals surface area contributed by atoms with Gasteiger partial charge in [-0.2, -0.15) is 5.26 Å². The Morgan fingerprint density at radius 3 is 2.71 bits per heavy atom. The second-order valence-electron chi connectivity index (χ2n) is 8.62. The number of ether oxygens (including phenoxy) is 2. The molecule has 1 unspecified atom stereocenters. The van der Waals surface area contributed by atoms with E-state index in [1.165, 1.54) is 36.6 Å². The maximum absolute atomic E-state index is 12.6.